The second-order valence-electron chi connectivity index (χ2n) is 6.13. The number of hydrogen-bond donors (Lipinski definition) is 0. The van der Waals surface area contributed by atoms with Crippen LogP contribution in [0.25, 0.3) is 0 Å². The van der Waals surface area contributed by atoms with Gasteiger partial charge in [-0.05, 0) is 30.2 Å². The van der Waals surface area contributed by atoms with Crippen molar-refractivity contribution in [2.45, 2.75) is 24.7 Å². The van der Waals surface area contributed by atoms with Gasteiger partial charge in [0.25, 0.3) is 5.91 Å². The molecule has 23 heavy (non-hydrogen) atoms. The first-order valence-corrected chi connectivity index (χ1v) is 10.3. The number of carbonyl (C=O) groups excluding carboxylic acids is 1. The number of morpholine rings is 1. The lowest BCUT2D eigenvalue weighted by Crippen LogP contribution is -2.42. The summed E-state index contributed by atoms with van der Waals surface area (Å²) in [4.78, 5) is 15.1. The van der Waals surface area contributed by atoms with Crippen LogP contribution in [0.2, 0.25) is 0 Å². The SMILES string of the molecule is CC1CCCN(C(=O)c2sccc2S(=O)(=O)N2CCOCC2)C1. The summed E-state index contributed by atoms with van der Waals surface area (Å²) in [6.45, 7) is 5.01. The second kappa shape index (κ2) is 6.88. The fourth-order valence-electron chi connectivity index (χ4n) is 3.10. The molecule has 1 atom stereocenters. The Morgan fingerprint density at radius 1 is 1.30 bits per heavy atom. The fraction of sp³-hybridized carbons (Fsp3) is 0.667. The van der Waals surface area contributed by atoms with Crippen LogP contribution in [0.3, 0.4) is 0 Å². The van der Waals surface area contributed by atoms with E-state index in [2.05, 4.69) is 6.92 Å². The Kier molecular flexibility index (Phi) is 5.05. The van der Waals surface area contributed by atoms with Crippen LogP contribution in [0.5, 0.6) is 0 Å². The molecule has 3 heterocycles. The molecule has 0 radical (unpaired) electrons. The normalized spacial score (nSPS) is 23.9. The molecule has 0 N–H and O–H groups in total. The first-order valence-electron chi connectivity index (χ1n) is 7.95. The predicted molar refractivity (Wildman–Crippen MR) is 88.2 cm³/mol. The van der Waals surface area contributed by atoms with Crippen LogP contribution < -0.4 is 0 Å². The van der Waals surface area contributed by atoms with Gasteiger partial charge in [0, 0.05) is 26.2 Å². The number of likely N-dealkylation sites (tertiary alicyclic amines) is 1. The highest BCUT2D eigenvalue weighted by Crippen LogP contribution is 2.28. The maximum absolute atomic E-state index is 12.8. The topological polar surface area (TPSA) is 66.9 Å². The van der Waals surface area contributed by atoms with Gasteiger partial charge in [0.1, 0.15) is 9.77 Å². The van der Waals surface area contributed by atoms with E-state index in [9.17, 15) is 13.2 Å². The lowest BCUT2D eigenvalue weighted by atomic mass is 10.0. The van der Waals surface area contributed by atoms with Gasteiger partial charge < -0.3 is 9.64 Å². The van der Waals surface area contributed by atoms with Gasteiger partial charge in [-0.3, -0.25) is 4.79 Å². The van der Waals surface area contributed by atoms with E-state index >= 15 is 0 Å². The molecular formula is C15H22N2O4S2. The molecule has 1 unspecified atom stereocenters. The van der Waals surface area contributed by atoms with Crippen molar-refractivity contribution in [3.05, 3.63) is 16.3 Å². The van der Waals surface area contributed by atoms with E-state index in [-0.39, 0.29) is 10.8 Å². The number of sulfonamides is 1. The van der Waals surface area contributed by atoms with Crippen LogP contribution in [0.1, 0.15) is 29.4 Å². The summed E-state index contributed by atoms with van der Waals surface area (Å²) in [5, 5.41) is 1.69. The van der Waals surface area contributed by atoms with Crippen molar-refractivity contribution in [1.82, 2.24) is 9.21 Å². The minimum absolute atomic E-state index is 0.146. The van der Waals surface area contributed by atoms with Gasteiger partial charge in [-0.25, -0.2) is 8.42 Å². The Morgan fingerprint density at radius 2 is 2.04 bits per heavy atom. The molecule has 2 aliphatic rings. The molecule has 6 nitrogen and oxygen atoms in total. The molecule has 2 aliphatic heterocycles. The minimum atomic E-state index is -3.63. The highest BCUT2D eigenvalue weighted by Gasteiger charge is 2.33. The number of carbonyl (C=O) groups is 1. The van der Waals surface area contributed by atoms with Crippen molar-refractivity contribution in [3.63, 3.8) is 0 Å². The summed E-state index contributed by atoms with van der Waals surface area (Å²) < 4.78 is 32.3. The number of piperidine rings is 1. The molecule has 0 aromatic carbocycles. The molecule has 3 rings (SSSR count). The van der Waals surface area contributed by atoms with Crippen LogP contribution in [0.15, 0.2) is 16.3 Å². The van der Waals surface area contributed by atoms with Crippen LogP contribution in [-0.2, 0) is 14.8 Å². The smallest absolute Gasteiger partial charge is 0.265 e. The first kappa shape index (κ1) is 16.9. The van der Waals surface area contributed by atoms with Gasteiger partial charge in [0.15, 0.2) is 0 Å². The van der Waals surface area contributed by atoms with E-state index in [1.807, 2.05) is 0 Å². The Bertz CT molecular complexity index is 665. The van der Waals surface area contributed by atoms with Gasteiger partial charge in [0.05, 0.1) is 13.2 Å². The summed E-state index contributed by atoms with van der Waals surface area (Å²) in [6, 6.07) is 1.55. The lowest BCUT2D eigenvalue weighted by molar-refractivity contribution is 0.0681. The van der Waals surface area contributed by atoms with Crippen LogP contribution in [0, 0.1) is 5.92 Å². The number of nitrogens with zero attached hydrogens (tertiary/aromatic N) is 2. The van der Waals surface area contributed by atoms with Crippen molar-refractivity contribution in [2.24, 2.45) is 5.92 Å². The molecule has 1 amide bonds. The molecular weight excluding hydrogens is 336 g/mol. The first-order chi connectivity index (χ1) is 11.0. The summed E-state index contributed by atoms with van der Waals surface area (Å²) in [6.07, 6.45) is 2.09. The van der Waals surface area contributed by atoms with Crippen molar-refractivity contribution in [2.75, 3.05) is 39.4 Å². The predicted octanol–water partition coefficient (Wildman–Crippen LogP) is 1.64. The molecule has 1 aromatic rings. The Balaban J connectivity index is 1.85. The average Bonchev–Trinajstić information content (AvgIpc) is 3.05. The molecule has 128 valence electrons. The third-order valence-corrected chi connectivity index (χ3v) is 7.33. The maximum atomic E-state index is 12.8. The molecule has 1 aromatic heterocycles. The monoisotopic (exact) mass is 358 g/mol. The zero-order valence-electron chi connectivity index (χ0n) is 13.2. The highest BCUT2D eigenvalue weighted by molar-refractivity contribution is 7.89. The Morgan fingerprint density at radius 3 is 2.74 bits per heavy atom. The highest BCUT2D eigenvalue weighted by atomic mass is 32.2. The zero-order valence-corrected chi connectivity index (χ0v) is 14.9. The third-order valence-electron chi connectivity index (χ3n) is 4.36. The molecule has 0 spiro atoms. The van der Waals surface area contributed by atoms with Crippen molar-refractivity contribution in [3.8, 4) is 0 Å². The minimum Gasteiger partial charge on any atom is -0.379 e. The summed E-state index contributed by atoms with van der Waals surface area (Å²) in [5.74, 6) is 0.311. The average molecular weight is 358 g/mol. The van der Waals surface area contributed by atoms with E-state index in [4.69, 9.17) is 4.74 Å². The van der Waals surface area contributed by atoms with E-state index in [1.165, 1.54) is 15.6 Å². The number of ether oxygens (including phenoxy) is 1. The maximum Gasteiger partial charge on any atom is 0.265 e. The van der Waals surface area contributed by atoms with E-state index in [0.29, 0.717) is 50.2 Å². The van der Waals surface area contributed by atoms with Crippen LogP contribution >= 0.6 is 11.3 Å². The Labute approximate surface area is 141 Å². The van der Waals surface area contributed by atoms with Gasteiger partial charge in [-0.15, -0.1) is 11.3 Å². The third kappa shape index (κ3) is 3.45. The molecule has 8 heteroatoms. The number of amides is 1. The fourth-order valence-corrected chi connectivity index (χ4v) is 5.87. The van der Waals surface area contributed by atoms with E-state index in [1.54, 1.807) is 16.3 Å². The zero-order chi connectivity index (χ0) is 16.4. The lowest BCUT2D eigenvalue weighted by Gasteiger charge is -2.31. The molecule has 0 saturated carbocycles. The molecule has 2 saturated heterocycles. The van der Waals surface area contributed by atoms with Gasteiger partial charge in [-0.2, -0.15) is 4.31 Å². The Hall–Kier alpha value is -0.960. The van der Waals surface area contributed by atoms with E-state index in [0.717, 1.165) is 12.8 Å². The number of hydrogen-bond acceptors (Lipinski definition) is 5. The van der Waals surface area contributed by atoms with Crippen LogP contribution in [-0.4, -0.2) is 62.9 Å². The number of thiophene rings is 1. The van der Waals surface area contributed by atoms with Gasteiger partial charge in [-0.1, -0.05) is 6.92 Å². The molecule has 2 fully saturated rings. The van der Waals surface area contributed by atoms with Gasteiger partial charge >= 0.3 is 0 Å². The van der Waals surface area contributed by atoms with Crippen molar-refractivity contribution >= 4 is 27.3 Å². The summed E-state index contributed by atoms with van der Waals surface area (Å²) in [7, 11) is -3.63. The van der Waals surface area contributed by atoms with Crippen molar-refractivity contribution < 1.29 is 17.9 Å². The number of rotatable bonds is 3. The van der Waals surface area contributed by atoms with Crippen molar-refractivity contribution in [1.29, 1.82) is 0 Å². The largest absolute Gasteiger partial charge is 0.379 e. The van der Waals surface area contributed by atoms with Crippen LogP contribution in [0.4, 0.5) is 0 Å². The molecule has 0 bridgehead atoms. The summed E-state index contributed by atoms with van der Waals surface area (Å²) in [5.41, 5.74) is 0. The summed E-state index contributed by atoms with van der Waals surface area (Å²) >= 11 is 1.22. The molecule has 0 aliphatic carbocycles. The second-order valence-corrected chi connectivity index (χ2v) is 8.95. The van der Waals surface area contributed by atoms with E-state index < -0.39 is 10.0 Å². The quantitative estimate of drug-likeness (QED) is 0.824. The van der Waals surface area contributed by atoms with Gasteiger partial charge in [0.2, 0.25) is 10.0 Å². The standard InChI is InChI=1S/C15H22N2O4S2/c1-12-3-2-5-16(11-12)15(18)14-13(4-10-22-14)23(19,20)17-6-8-21-9-7-17/h4,10,12H,2-3,5-9,11H2,1H3.